The van der Waals surface area contributed by atoms with Gasteiger partial charge in [-0.1, -0.05) is 67.1 Å². The number of aromatic nitrogens is 2. The molecule has 0 radical (unpaired) electrons. The van der Waals surface area contributed by atoms with Gasteiger partial charge >= 0.3 is 6.03 Å². The van der Waals surface area contributed by atoms with E-state index in [2.05, 4.69) is 69.2 Å². The third-order valence-corrected chi connectivity index (χ3v) is 7.05. The number of amides is 2. The van der Waals surface area contributed by atoms with Gasteiger partial charge in [-0.25, -0.2) is 4.79 Å². The fourth-order valence-corrected chi connectivity index (χ4v) is 5.14. The second kappa shape index (κ2) is 10.7. The molecule has 0 bridgehead atoms. The molecule has 180 valence electrons. The van der Waals surface area contributed by atoms with Crippen LogP contribution < -0.4 is 10.6 Å². The van der Waals surface area contributed by atoms with Crippen molar-refractivity contribution in [1.82, 2.24) is 20.4 Å². The van der Waals surface area contributed by atoms with E-state index in [-0.39, 0.29) is 18.1 Å². The van der Waals surface area contributed by atoms with E-state index in [0.29, 0.717) is 0 Å². The first kappa shape index (κ1) is 23.1. The van der Waals surface area contributed by atoms with Crippen LogP contribution in [0.2, 0.25) is 0 Å². The Morgan fingerprint density at radius 3 is 2.57 bits per heavy atom. The number of urea groups is 1. The Hall–Kier alpha value is -3.64. The standard InChI is InChI=1S/C29H33N5O/c1-34-19-9-8-14-27(34)28(22-12-6-3-7-13-22)31-29(35)30-23-16-18-26-24(20-23)25(32-33-26)17-15-21-10-4-2-5-11-21/h2-7,10-13,16,18,20,27-28H,8-9,14-15,17,19H2,1H3,(H,32,33)(H2,30,31,35). The lowest BCUT2D eigenvalue weighted by atomic mass is 9.91. The Balaban J connectivity index is 1.30. The maximum absolute atomic E-state index is 13.2. The molecule has 1 fully saturated rings. The van der Waals surface area contributed by atoms with Crippen molar-refractivity contribution in [2.45, 2.75) is 44.2 Å². The SMILES string of the molecule is CN1CCCCC1C(NC(=O)Nc1ccc2n[nH]c(CCc3ccccc3)c2c1)c1ccccc1. The quantitative estimate of drug-likeness (QED) is 0.327. The molecule has 1 aliphatic heterocycles. The zero-order chi connectivity index (χ0) is 24.0. The number of anilines is 1. The number of fused-ring (bicyclic) bond motifs is 1. The summed E-state index contributed by atoms with van der Waals surface area (Å²) in [7, 11) is 2.16. The van der Waals surface area contributed by atoms with Gasteiger partial charge in [0.1, 0.15) is 0 Å². The Morgan fingerprint density at radius 1 is 1.03 bits per heavy atom. The highest BCUT2D eigenvalue weighted by atomic mass is 16.2. The fraction of sp³-hybridized carbons (Fsp3) is 0.310. The number of rotatable bonds is 7. The summed E-state index contributed by atoms with van der Waals surface area (Å²) < 4.78 is 0. The number of nitrogens with one attached hydrogen (secondary N) is 3. The van der Waals surface area contributed by atoms with Crippen molar-refractivity contribution in [3.05, 3.63) is 95.7 Å². The van der Waals surface area contributed by atoms with E-state index >= 15 is 0 Å². The monoisotopic (exact) mass is 467 g/mol. The molecular formula is C29H33N5O. The Labute approximate surface area is 206 Å². The van der Waals surface area contributed by atoms with Gasteiger partial charge in [-0.3, -0.25) is 5.10 Å². The van der Waals surface area contributed by atoms with Crippen molar-refractivity contribution in [2.75, 3.05) is 18.9 Å². The predicted octanol–water partition coefficient (Wildman–Crippen LogP) is 5.70. The van der Waals surface area contributed by atoms with E-state index in [1.54, 1.807) is 0 Å². The lowest BCUT2D eigenvalue weighted by Crippen LogP contribution is -2.47. The van der Waals surface area contributed by atoms with E-state index in [9.17, 15) is 4.79 Å². The number of carbonyl (C=O) groups excluding carboxylic acids is 1. The molecule has 2 heterocycles. The van der Waals surface area contributed by atoms with Crippen LogP contribution in [0.1, 0.15) is 42.1 Å². The third kappa shape index (κ3) is 5.54. The summed E-state index contributed by atoms with van der Waals surface area (Å²) in [5, 5.41) is 15.0. The molecule has 1 aliphatic rings. The molecule has 4 aromatic rings. The van der Waals surface area contributed by atoms with Crippen LogP contribution in [0.25, 0.3) is 10.9 Å². The van der Waals surface area contributed by atoms with Crippen LogP contribution in [0, 0.1) is 0 Å². The van der Waals surface area contributed by atoms with Gasteiger partial charge in [0.15, 0.2) is 0 Å². The maximum atomic E-state index is 13.2. The molecule has 2 unspecified atom stereocenters. The number of likely N-dealkylation sites (N-methyl/N-ethyl adjacent to an activating group) is 1. The van der Waals surface area contributed by atoms with Crippen LogP contribution in [0.15, 0.2) is 78.9 Å². The summed E-state index contributed by atoms with van der Waals surface area (Å²) in [6.45, 7) is 1.06. The largest absolute Gasteiger partial charge is 0.329 e. The van der Waals surface area contributed by atoms with Gasteiger partial charge in [-0.15, -0.1) is 0 Å². The maximum Gasteiger partial charge on any atom is 0.319 e. The molecule has 2 amide bonds. The number of benzene rings is 3. The van der Waals surface area contributed by atoms with Gasteiger partial charge in [0.2, 0.25) is 0 Å². The molecule has 35 heavy (non-hydrogen) atoms. The molecule has 0 spiro atoms. The smallest absolute Gasteiger partial charge is 0.319 e. The van der Waals surface area contributed by atoms with E-state index in [4.69, 9.17) is 0 Å². The molecule has 0 saturated carbocycles. The van der Waals surface area contributed by atoms with Gasteiger partial charge in [0.05, 0.1) is 11.6 Å². The van der Waals surface area contributed by atoms with Gasteiger partial charge in [-0.2, -0.15) is 5.10 Å². The van der Waals surface area contributed by atoms with Crippen molar-refractivity contribution >= 4 is 22.6 Å². The molecule has 3 aromatic carbocycles. The number of hydrogen-bond acceptors (Lipinski definition) is 3. The Bertz CT molecular complexity index is 1250. The number of piperidine rings is 1. The highest BCUT2D eigenvalue weighted by Gasteiger charge is 2.30. The summed E-state index contributed by atoms with van der Waals surface area (Å²) in [5.41, 5.74) is 5.18. The minimum atomic E-state index is -0.188. The average molecular weight is 468 g/mol. The van der Waals surface area contributed by atoms with Crippen LogP contribution >= 0.6 is 0 Å². The number of carbonyl (C=O) groups is 1. The summed E-state index contributed by atoms with van der Waals surface area (Å²) in [6, 6.07) is 26.6. The van der Waals surface area contributed by atoms with E-state index in [1.807, 2.05) is 42.5 Å². The van der Waals surface area contributed by atoms with Crippen molar-refractivity contribution in [2.24, 2.45) is 0 Å². The molecular weight excluding hydrogens is 434 g/mol. The molecule has 0 aliphatic carbocycles. The Morgan fingerprint density at radius 2 is 1.80 bits per heavy atom. The van der Waals surface area contributed by atoms with Crippen molar-refractivity contribution in [3.8, 4) is 0 Å². The first-order valence-corrected chi connectivity index (χ1v) is 12.5. The highest BCUT2D eigenvalue weighted by molar-refractivity contribution is 5.93. The van der Waals surface area contributed by atoms with E-state index < -0.39 is 0 Å². The summed E-state index contributed by atoms with van der Waals surface area (Å²) in [6.07, 6.45) is 5.26. The number of likely N-dealkylation sites (tertiary alicyclic amines) is 1. The van der Waals surface area contributed by atoms with Crippen molar-refractivity contribution in [3.63, 3.8) is 0 Å². The normalized spacial score (nSPS) is 17.2. The number of nitrogens with zero attached hydrogens (tertiary/aromatic N) is 2. The first-order valence-electron chi connectivity index (χ1n) is 12.5. The van der Waals surface area contributed by atoms with Crippen LogP contribution in [0.4, 0.5) is 10.5 Å². The lowest BCUT2D eigenvalue weighted by Gasteiger charge is -2.38. The van der Waals surface area contributed by atoms with E-state index in [1.165, 1.54) is 18.4 Å². The van der Waals surface area contributed by atoms with Crippen molar-refractivity contribution in [1.29, 1.82) is 0 Å². The number of H-pyrrole nitrogens is 1. The summed E-state index contributed by atoms with van der Waals surface area (Å²) in [4.78, 5) is 15.5. The second-order valence-electron chi connectivity index (χ2n) is 9.45. The molecule has 6 nitrogen and oxygen atoms in total. The minimum Gasteiger partial charge on any atom is -0.329 e. The lowest BCUT2D eigenvalue weighted by molar-refractivity contribution is 0.147. The second-order valence-corrected chi connectivity index (χ2v) is 9.45. The first-order chi connectivity index (χ1) is 17.2. The fourth-order valence-electron chi connectivity index (χ4n) is 5.14. The molecule has 3 N–H and O–H groups in total. The molecule has 2 atom stereocenters. The molecule has 1 aromatic heterocycles. The third-order valence-electron chi connectivity index (χ3n) is 7.05. The zero-order valence-electron chi connectivity index (χ0n) is 20.2. The van der Waals surface area contributed by atoms with E-state index in [0.717, 1.165) is 53.7 Å². The Kier molecular flexibility index (Phi) is 7.09. The molecule has 1 saturated heterocycles. The van der Waals surface area contributed by atoms with Crippen LogP contribution in [-0.4, -0.2) is 40.8 Å². The van der Waals surface area contributed by atoms with Gasteiger partial charge < -0.3 is 15.5 Å². The van der Waals surface area contributed by atoms with Crippen LogP contribution in [0.5, 0.6) is 0 Å². The summed E-state index contributed by atoms with van der Waals surface area (Å²) >= 11 is 0. The average Bonchev–Trinajstić information content (AvgIpc) is 3.30. The summed E-state index contributed by atoms with van der Waals surface area (Å²) in [5.74, 6) is 0. The number of hydrogen-bond donors (Lipinski definition) is 3. The van der Waals surface area contributed by atoms with Crippen LogP contribution in [0.3, 0.4) is 0 Å². The zero-order valence-corrected chi connectivity index (χ0v) is 20.2. The van der Waals surface area contributed by atoms with Crippen molar-refractivity contribution < 1.29 is 4.79 Å². The molecule has 6 heteroatoms. The van der Waals surface area contributed by atoms with Gasteiger partial charge in [0.25, 0.3) is 0 Å². The minimum absolute atomic E-state index is 0.0689. The highest BCUT2D eigenvalue weighted by Crippen LogP contribution is 2.28. The number of aromatic amines is 1. The van der Waals surface area contributed by atoms with Gasteiger partial charge in [0, 0.05) is 22.8 Å². The van der Waals surface area contributed by atoms with Crippen LogP contribution in [-0.2, 0) is 12.8 Å². The number of aryl methyl sites for hydroxylation is 2. The predicted molar refractivity (Wildman–Crippen MR) is 142 cm³/mol. The molecule has 5 rings (SSSR count). The topological polar surface area (TPSA) is 73.1 Å². The van der Waals surface area contributed by atoms with Gasteiger partial charge in [-0.05, 0) is 68.6 Å².